The highest BCUT2D eigenvalue weighted by molar-refractivity contribution is 5.93. The minimum Gasteiger partial charge on any atom is -0.369 e. The van der Waals surface area contributed by atoms with Gasteiger partial charge < -0.3 is 15.0 Å². The summed E-state index contributed by atoms with van der Waals surface area (Å²) in [5.74, 6) is 0.570. The van der Waals surface area contributed by atoms with E-state index < -0.39 is 5.82 Å². The zero-order valence-corrected chi connectivity index (χ0v) is 14.7. The normalized spacial score (nSPS) is 31.1. The van der Waals surface area contributed by atoms with Crippen LogP contribution in [0.2, 0.25) is 0 Å². The molecule has 0 aliphatic carbocycles. The van der Waals surface area contributed by atoms with E-state index in [4.69, 9.17) is 4.74 Å². The molecular weight excluding hydrogens is 349 g/mol. The van der Waals surface area contributed by atoms with Crippen molar-refractivity contribution < 1.29 is 13.9 Å². The lowest BCUT2D eigenvalue weighted by Crippen LogP contribution is -2.41. The Morgan fingerprint density at radius 2 is 2.11 bits per heavy atom. The fraction of sp³-hybridized carbons (Fsp3) is 0.474. The molecule has 0 saturated carbocycles. The molecule has 3 aliphatic heterocycles. The number of aromatic nitrogens is 3. The minimum atomic E-state index is -0.440. The molecule has 2 aromatic heterocycles. The number of amides is 1. The van der Waals surface area contributed by atoms with Crippen LogP contribution in [0.15, 0.2) is 36.9 Å². The van der Waals surface area contributed by atoms with Gasteiger partial charge in [0, 0.05) is 42.9 Å². The number of ether oxygens (including phenoxy) is 1. The van der Waals surface area contributed by atoms with Crippen LogP contribution in [-0.4, -0.2) is 52.2 Å². The third kappa shape index (κ3) is 2.75. The highest BCUT2D eigenvalue weighted by Crippen LogP contribution is 2.54. The molecule has 27 heavy (non-hydrogen) atoms. The van der Waals surface area contributed by atoms with Crippen molar-refractivity contribution >= 4 is 11.9 Å². The maximum absolute atomic E-state index is 13.1. The van der Waals surface area contributed by atoms with Gasteiger partial charge in [-0.05, 0) is 25.0 Å². The van der Waals surface area contributed by atoms with Gasteiger partial charge >= 0.3 is 0 Å². The van der Waals surface area contributed by atoms with Crippen molar-refractivity contribution in [3.05, 3.63) is 48.3 Å². The van der Waals surface area contributed by atoms with Crippen LogP contribution in [0, 0.1) is 17.7 Å². The Balaban J connectivity index is 1.29. The summed E-state index contributed by atoms with van der Waals surface area (Å²) in [7, 11) is 0. The van der Waals surface area contributed by atoms with Crippen LogP contribution >= 0.6 is 0 Å². The molecule has 4 atom stereocenters. The van der Waals surface area contributed by atoms with E-state index in [0.29, 0.717) is 30.5 Å². The molecule has 8 heteroatoms. The number of halogens is 1. The lowest BCUT2D eigenvalue weighted by Gasteiger charge is -2.29. The quantitative estimate of drug-likeness (QED) is 0.878. The van der Waals surface area contributed by atoms with E-state index in [1.807, 2.05) is 0 Å². The summed E-state index contributed by atoms with van der Waals surface area (Å²) in [6.45, 7) is 2.06. The molecule has 140 valence electrons. The van der Waals surface area contributed by atoms with Crippen LogP contribution in [-0.2, 0) is 4.74 Å². The van der Waals surface area contributed by atoms with Gasteiger partial charge in [-0.1, -0.05) is 0 Å². The second-order valence-corrected chi connectivity index (χ2v) is 7.56. The summed E-state index contributed by atoms with van der Waals surface area (Å²) in [6, 6.07) is 3.41. The number of nitrogens with one attached hydrogen (secondary N) is 1. The van der Waals surface area contributed by atoms with Crippen molar-refractivity contribution in [2.24, 2.45) is 11.8 Å². The molecule has 3 aliphatic rings. The van der Waals surface area contributed by atoms with Crippen LogP contribution in [0.5, 0.6) is 0 Å². The summed E-state index contributed by atoms with van der Waals surface area (Å²) < 4.78 is 19.5. The summed E-state index contributed by atoms with van der Waals surface area (Å²) in [6.07, 6.45) is 7.81. The van der Waals surface area contributed by atoms with Gasteiger partial charge in [-0.25, -0.2) is 14.4 Å². The van der Waals surface area contributed by atoms with Crippen LogP contribution < -0.4 is 10.2 Å². The maximum Gasteiger partial charge on any atom is 0.251 e. The smallest absolute Gasteiger partial charge is 0.251 e. The molecule has 1 amide bonds. The first-order valence-electron chi connectivity index (χ1n) is 9.23. The Bertz CT molecular complexity index is 849. The van der Waals surface area contributed by atoms with Gasteiger partial charge in [0.1, 0.15) is 0 Å². The Morgan fingerprint density at radius 1 is 1.33 bits per heavy atom. The number of pyridine rings is 1. The van der Waals surface area contributed by atoms with Gasteiger partial charge in [0.05, 0.1) is 30.6 Å². The third-order valence-corrected chi connectivity index (χ3v) is 6.11. The van der Waals surface area contributed by atoms with E-state index in [2.05, 4.69) is 25.2 Å². The lowest BCUT2D eigenvalue weighted by molar-refractivity contribution is 0.0141. The third-order valence-electron chi connectivity index (χ3n) is 6.11. The predicted molar refractivity (Wildman–Crippen MR) is 94.6 cm³/mol. The van der Waals surface area contributed by atoms with Crippen molar-refractivity contribution in [3.63, 3.8) is 0 Å². The highest BCUT2D eigenvalue weighted by Gasteiger charge is 2.63. The molecule has 1 spiro atoms. The number of hydrogen-bond acceptors (Lipinski definition) is 6. The van der Waals surface area contributed by atoms with E-state index in [9.17, 15) is 9.18 Å². The standard InChI is InChI=1S/C19H20FN5O2/c20-13-7-23-18(24-8-13)25-10-15-14(16-1-4-19(15,11-25)27-16)9-22-17(26)12-2-5-21-6-3-12/h2-3,5-8,14-16H,1,4,9-11H2,(H,22,26)/t14-,15+,16+,19+/m0/s1. The molecule has 3 fully saturated rings. The fourth-order valence-electron chi connectivity index (χ4n) is 4.90. The second-order valence-electron chi connectivity index (χ2n) is 7.56. The van der Waals surface area contributed by atoms with E-state index >= 15 is 0 Å². The SMILES string of the molecule is O=C(NC[C@H]1[C@H]2CN(c3ncc(F)cn3)C[C@]23CC[C@H]1O3)c1ccncc1. The largest absolute Gasteiger partial charge is 0.369 e. The Kier molecular flexibility index (Phi) is 3.82. The summed E-state index contributed by atoms with van der Waals surface area (Å²) in [5, 5.41) is 3.05. The van der Waals surface area contributed by atoms with Gasteiger partial charge in [0.25, 0.3) is 5.91 Å². The summed E-state index contributed by atoms with van der Waals surface area (Å²) in [4.78, 5) is 26.6. The fourth-order valence-corrected chi connectivity index (χ4v) is 4.90. The number of rotatable bonds is 4. The van der Waals surface area contributed by atoms with Crippen LogP contribution in [0.4, 0.5) is 10.3 Å². The van der Waals surface area contributed by atoms with Crippen molar-refractivity contribution in [2.45, 2.75) is 24.5 Å². The summed E-state index contributed by atoms with van der Waals surface area (Å²) in [5.41, 5.74) is 0.408. The van der Waals surface area contributed by atoms with E-state index in [1.54, 1.807) is 24.5 Å². The predicted octanol–water partition coefficient (Wildman–Crippen LogP) is 1.42. The lowest BCUT2D eigenvalue weighted by atomic mass is 9.73. The average molecular weight is 369 g/mol. The molecule has 0 unspecified atom stereocenters. The molecule has 0 aromatic carbocycles. The van der Waals surface area contributed by atoms with Gasteiger partial charge in [-0.15, -0.1) is 0 Å². The topological polar surface area (TPSA) is 80.2 Å². The summed E-state index contributed by atoms with van der Waals surface area (Å²) >= 11 is 0. The van der Waals surface area contributed by atoms with Gasteiger partial charge in [0.2, 0.25) is 5.95 Å². The molecular formula is C19H20FN5O2. The van der Waals surface area contributed by atoms with Crippen molar-refractivity contribution in [1.82, 2.24) is 20.3 Å². The monoisotopic (exact) mass is 369 g/mol. The molecule has 5 rings (SSSR count). The van der Waals surface area contributed by atoms with Crippen molar-refractivity contribution in [3.8, 4) is 0 Å². The zero-order chi connectivity index (χ0) is 18.4. The average Bonchev–Trinajstić information content (AvgIpc) is 3.36. The first-order valence-corrected chi connectivity index (χ1v) is 9.23. The first kappa shape index (κ1) is 16.6. The molecule has 0 radical (unpaired) electrons. The number of carbonyl (C=O) groups is 1. The Hall–Kier alpha value is -2.61. The number of anilines is 1. The number of hydrogen-bond donors (Lipinski definition) is 1. The van der Waals surface area contributed by atoms with Gasteiger partial charge in [-0.2, -0.15) is 0 Å². The number of nitrogens with zero attached hydrogens (tertiary/aromatic N) is 4. The van der Waals surface area contributed by atoms with Gasteiger partial charge in [0.15, 0.2) is 5.82 Å². The molecule has 5 heterocycles. The molecule has 7 nitrogen and oxygen atoms in total. The van der Waals surface area contributed by atoms with Crippen molar-refractivity contribution in [1.29, 1.82) is 0 Å². The van der Waals surface area contributed by atoms with E-state index in [1.165, 1.54) is 12.4 Å². The van der Waals surface area contributed by atoms with Crippen LogP contribution in [0.1, 0.15) is 23.2 Å². The van der Waals surface area contributed by atoms with Crippen molar-refractivity contribution in [2.75, 3.05) is 24.5 Å². The molecule has 2 aromatic rings. The Morgan fingerprint density at radius 3 is 2.89 bits per heavy atom. The second kappa shape index (κ2) is 6.23. The number of carbonyl (C=O) groups excluding carboxylic acids is 1. The maximum atomic E-state index is 13.1. The van der Waals surface area contributed by atoms with E-state index in [-0.39, 0.29) is 23.5 Å². The zero-order valence-electron chi connectivity index (χ0n) is 14.7. The molecule has 2 bridgehead atoms. The van der Waals surface area contributed by atoms with Crippen LogP contribution in [0.3, 0.4) is 0 Å². The van der Waals surface area contributed by atoms with Gasteiger partial charge in [-0.3, -0.25) is 9.78 Å². The molecule has 1 N–H and O–H groups in total. The number of fused-ring (bicyclic) bond motifs is 1. The highest BCUT2D eigenvalue weighted by atomic mass is 19.1. The molecule has 3 saturated heterocycles. The van der Waals surface area contributed by atoms with E-state index in [0.717, 1.165) is 19.4 Å². The first-order chi connectivity index (χ1) is 13.1. The minimum absolute atomic E-state index is 0.0917. The van der Waals surface area contributed by atoms with Crippen LogP contribution in [0.25, 0.3) is 0 Å². The Labute approximate surface area is 156 Å².